The summed E-state index contributed by atoms with van der Waals surface area (Å²) in [4.78, 5) is 36.0. The minimum atomic E-state index is -1.08. The van der Waals surface area contributed by atoms with Gasteiger partial charge in [0.15, 0.2) is 6.10 Å². The zero-order valence-corrected chi connectivity index (χ0v) is 16.0. The van der Waals surface area contributed by atoms with Crippen LogP contribution in [0.25, 0.3) is 0 Å². The maximum absolute atomic E-state index is 12.2. The minimum absolute atomic E-state index is 0.105. The number of unbranched alkanes of at least 4 members (excludes halogenated alkanes) is 1. The van der Waals surface area contributed by atoms with Crippen molar-refractivity contribution >= 4 is 17.9 Å². The fourth-order valence-electron chi connectivity index (χ4n) is 2.81. The summed E-state index contributed by atoms with van der Waals surface area (Å²) in [6, 6.07) is 6.09. The van der Waals surface area contributed by atoms with E-state index < -0.39 is 24.0 Å². The zero-order chi connectivity index (χ0) is 19.6. The minimum Gasteiger partial charge on any atom is -0.494 e. The van der Waals surface area contributed by atoms with E-state index in [0.29, 0.717) is 17.9 Å². The summed E-state index contributed by atoms with van der Waals surface area (Å²) < 4.78 is 10.7. The summed E-state index contributed by atoms with van der Waals surface area (Å²) in [5, 5.41) is 4.97. The van der Waals surface area contributed by atoms with Crippen LogP contribution in [0.4, 0.5) is 4.79 Å². The number of nitrogens with one attached hydrogen (secondary N) is 2. The number of amides is 3. The third kappa shape index (κ3) is 6.92. The van der Waals surface area contributed by atoms with Crippen LogP contribution in [0.1, 0.15) is 62.7 Å². The molecule has 1 aromatic rings. The monoisotopic (exact) mass is 376 g/mol. The summed E-state index contributed by atoms with van der Waals surface area (Å²) in [5.74, 6) is -0.610. The second-order valence-corrected chi connectivity index (χ2v) is 6.72. The lowest BCUT2D eigenvalue weighted by Gasteiger charge is -2.15. The average molecular weight is 376 g/mol. The number of rotatable bonds is 8. The van der Waals surface area contributed by atoms with Crippen molar-refractivity contribution in [3.05, 3.63) is 29.8 Å². The van der Waals surface area contributed by atoms with Crippen LogP contribution in [-0.4, -0.2) is 36.7 Å². The third-order valence-corrected chi connectivity index (χ3v) is 4.44. The van der Waals surface area contributed by atoms with Crippen LogP contribution in [0.2, 0.25) is 0 Å². The first-order valence-electron chi connectivity index (χ1n) is 9.54. The first-order valence-corrected chi connectivity index (χ1v) is 9.54. The van der Waals surface area contributed by atoms with Gasteiger partial charge in [-0.15, -0.1) is 0 Å². The van der Waals surface area contributed by atoms with Crippen molar-refractivity contribution in [2.45, 2.75) is 64.5 Å². The van der Waals surface area contributed by atoms with Gasteiger partial charge < -0.3 is 14.8 Å². The molecule has 1 atom stereocenters. The molecule has 1 aliphatic rings. The van der Waals surface area contributed by atoms with Gasteiger partial charge in [-0.05, 0) is 50.5 Å². The summed E-state index contributed by atoms with van der Waals surface area (Å²) in [6.07, 6.45) is 4.93. The van der Waals surface area contributed by atoms with E-state index in [9.17, 15) is 14.4 Å². The fraction of sp³-hybridized carbons (Fsp3) is 0.550. The molecule has 1 aliphatic carbocycles. The van der Waals surface area contributed by atoms with Crippen molar-refractivity contribution in [2.24, 2.45) is 0 Å². The van der Waals surface area contributed by atoms with Gasteiger partial charge >= 0.3 is 12.0 Å². The first-order chi connectivity index (χ1) is 13.0. The van der Waals surface area contributed by atoms with E-state index in [1.165, 1.54) is 6.92 Å². The predicted molar refractivity (Wildman–Crippen MR) is 101 cm³/mol. The van der Waals surface area contributed by atoms with Crippen LogP contribution < -0.4 is 15.4 Å². The lowest BCUT2D eigenvalue weighted by molar-refractivity contribution is -0.127. The lowest BCUT2D eigenvalue weighted by Crippen LogP contribution is -2.47. The topological polar surface area (TPSA) is 93.7 Å². The van der Waals surface area contributed by atoms with Crippen molar-refractivity contribution in [3.8, 4) is 5.75 Å². The number of carbonyl (C=O) groups is 3. The van der Waals surface area contributed by atoms with Crippen molar-refractivity contribution in [1.29, 1.82) is 0 Å². The largest absolute Gasteiger partial charge is 0.494 e. The van der Waals surface area contributed by atoms with Gasteiger partial charge in [-0.25, -0.2) is 9.59 Å². The summed E-state index contributed by atoms with van der Waals surface area (Å²) in [5.41, 5.74) is 0.313. The Balaban J connectivity index is 1.77. The average Bonchev–Trinajstić information content (AvgIpc) is 3.15. The molecule has 0 radical (unpaired) electrons. The molecule has 2 rings (SSSR count). The van der Waals surface area contributed by atoms with Gasteiger partial charge in [0.05, 0.1) is 12.2 Å². The maximum Gasteiger partial charge on any atom is 0.338 e. The summed E-state index contributed by atoms with van der Waals surface area (Å²) in [6.45, 7) is 4.14. The molecule has 1 fully saturated rings. The van der Waals surface area contributed by atoms with Gasteiger partial charge in [0.2, 0.25) is 0 Å². The van der Waals surface area contributed by atoms with Crippen molar-refractivity contribution in [3.63, 3.8) is 0 Å². The SMILES string of the molecule is CCCCOc1ccc(C(=O)OC(C)C(=O)NC(=O)NC2CCCC2)cc1. The molecule has 1 aromatic carbocycles. The predicted octanol–water partition coefficient (Wildman–Crippen LogP) is 3.18. The number of urea groups is 1. The van der Waals surface area contributed by atoms with Gasteiger partial charge in [-0.3, -0.25) is 10.1 Å². The Morgan fingerprint density at radius 1 is 1.15 bits per heavy atom. The summed E-state index contributed by atoms with van der Waals surface area (Å²) in [7, 11) is 0. The first kappa shape index (κ1) is 20.7. The number of hydrogen-bond acceptors (Lipinski definition) is 5. The van der Waals surface area contributed by atoms with Crippen LogP contribution in [0.3, 0.4) is 0 Å². The lowest BCUT2D eigenvalue weighted by atomic mass is 10.2. The van der Waals surface area contributed by atoms with Crippen LogP contribution in [0, 0.1) is 0 Å². The Hall–Kier alpha value is -2.57. The Bertz CT molecular complexity index is 638. The molecular weight excluding hydrogens is 348 g/mol. The van der Waals surface area contributed by atoms with Crippen molar-refractivity contribution in [1.82, 2.24) is 10.6 Å². The van der Waals surface area contributed by atoms with E-state index in [2.05, 4.69) is 17.6 Å². The van der Waals surface area contributed by atoms with Crippen molar-refractivity contribution < 1.29 is 23.9 Å². The molecule has 0 aromatic heterocycles. The van der Waals surface area contributed by atoms with Crippen LogP contribution in [0.5, 0.6) is 5.75 Å². The molecule has 27 heavy (non-hydrogen) atoms. The molecule has 0 spiro atoms. The quantitative estimate of drug-likeness (QED) is 0.537. The normalized spacial score (nSPS) is 15.0. The molecule has 2 N–H and O–H groups in total. The van der Waals surface area contributed by atoms with E-state index in [1.54, 1.807) is 24.3 Å². The standard InChI is InChI=1S/C20H28N2O5/c1-3-4-13-26-17-11-9-15(10-12-17)19(24)27-14(2)18(23)22-20(25)21-16-7-5-6-8-16/h9-12,14,16H,3-8,13H2,1-2H3,(H2,21,22,23,25). The molecule has 0 bridgehead atoms. The third-order valence-electron chi connectivity index (χ3n) is 4.44. The highest BCUT2D eigenvalue weighted by atomic mass is 16.5. The second kappa shape index (κ2) is 10.5. The number of hydrogen-bond donors (Lipinski definition) is 2. The molecule has 7 heteroatoms. The van der Waals surface area contributed by atoms with Crippen molar-refractivity contribution in [2.75, 3.05) is 6.61 Å². The number of ether oxygens (including phenoxy) is 2. The molecule has 1 unspecified atom stereocenters. The number of imide groups is 1. The number of esters is 1. The molecule has 1 saturated carbocycles. The molecule has 148 valence electrons. The fourth-order valence-corrected chi connectivity index (χ4v) is 2.81. The van der Waals surface area contributed by atoms with Crippen LogP contribution in [-0.2, 0) is 9.53 Å². The Labute approximate surface area is 159 Å². The van der Waals surface area contributed by atoms with Gasteiger partial charge in [-0.1, -0.05) is 26.2 Å². The highest BCUT2D eigenvalue weighted by Crippen LogP contribution is 2.17. The van der Waals surface area contributed by atoms with E-state index in [-0.39, 0.29) is 6.04 Å². The van der Waals surface area contributed by atoms with Crippen LogP contribution in [0.15, 0.2) is 24.3 Å². The maximum atomic E-state index is 12.2. The molecule has 0 heterocycles. The molecule has 0 aliphatic heterocycles. The van der Waals surface area contributed by atoms with Crippen LogP contribution >= 0.6 is 0 Å². The highest BCUT2D eigenvalue weighted by molar-refractivity contribution is 5.98. The number of carbonyl (C=O) groups excluding carboxylic acids is 3. The Morgan fingerprint density at radius 3 is 2.44 bits per heavy atom. The summed E-state index contributed by atoms with van der Waals surface area (Å²) >= 11 is 0. The molecule has 3 amide bonds. The zero-order valence-electron chi connectivity index (χ0n) is 16.0. The van der Waals surface area contributed by atoms with Gasteiger partial charge in [0.25, 0.3) is 5.91 Å². The van der Waals surface area contributed by atoms with Gasteiger partial charge in [0, 0.05) is 6.04 Å². The molecule has 0 saturated heterocycles. The van der Waals surface area contributed by atoms with E-state index in [0.717, 1.165) is 38.5 Å². The smallest absolute Gasteiger partial charge is 0.338 e. The molecule has 7 nitrogen and oxygen atoms in total. The highest BCUT2D eigenvalue weighted by Gasteiger charge is 2.23. The van der Waals surface area contributed by atoms with Gasteiger partial charge in [0.1, 0.15) is 5.75 Å². The Kier molecular flexibility index (Phi) is 8.10. The number of benzene rings is 1. The van der Waals surface area contributed by atoms with E-state index >= 15 is 0 Å². The Morgan fingerprint density at radius 2 is 1.81 bits per heavy atom. The molecular formula is C20H28N2O5. The van der Waals surface area contributed by atoms with E-state index in [4.69, 9.17) is 9.47 Å². The van der Waals surface area contributed by atoms with Gasteiger partial charge in [-0.2, -0.15) is 0 Å². The van der Waals surface area contributed by atoms with E-state index in [1.807, 2.05) is 0 Å². The second-order valence-electron chi connectivity index (χ2n) is 6.72.